The van der Waals surface area contributed by atoms with Crippen molar-refractivity contribution in [1.82, 2.24) is 30.8 Å². The summed E-state index contributed by atoms with van der Waals surface area (Å²) < 4.78 is 10.9. The van der Waals surface area contributed by atoms with Gasteiger partial charge in [0.05, 0.1) is 18.2 Å². The molecule has 0 bridgehead atoms. The standard InChI is InChI=1S/C49H63N7O7/c1-31-26-37(44(58)53-39-22-24-56(25-23-39)47(61)63-49(5,6)7)18-21-40(31)34-12-8-32(9-13-34)27-41(45(59)54-38-19-16-35(17-20-38)42-29-50-30-52-42)55-43(57)36-14-10-33(11-15-36)28-51-46(60)62-48(2,3)4/h8-9,12-13,16-21,26,29-30,33,36,39,41H,10-11,14-15,22-25,27-28H2,1-7H3,(H,50,52)(H,51,60)(H,53,58)(H,54,59)(H,55,57)/t33?,36?,41-/m0/s1. The van der Waals surface area contributed by atoms with E-state index < -0.39 is 23.3 Å². The van der Waals surface area contributed by atoms with Crippen LogP contribution in [-0.4, -0.2) is 87.7 Å². The van der Waals surface area contributed by atoms with Crippen LogP contribution < -0.4 is 21.3 Å². The van der Waals surface area contributed by atoms with E-state index in [-0.39, 0.29) is 48.1 Å². The maximum atomic E-state index is 13.9. The van der Waals surface area contributed by atoms with Gasteiger partial charge >= 0.3 is 12.2 Å². The Hall–Kier alpha value is -6.18. The zero-order chi connectivity index (χ0) is 45.3. The zero-order valence-corrected chi connectivity index (χ0v) is 37.6. The average molecular weight is 862 g/mol. The molecular formula is C49H63N7O7. The second kappa shape index (κ2) is 20.3. The van der Waals surface area contributed by atoms with Gasteiger partial charge in [-0.15, -0.1) is 0 Å². The highest BCUT2D eigenvalue weighted by molar-refractivity contribution is 5.98. The fourth-order valence-corrected chi connectivity index (χ4v) is 8.03. The Morgan fingerprint density at radius 1 is 0.810 bits per heavy atom. The fourth-order valence-electron chi connectivity index (χ4n) is 8.03. The Kier molecular flexibility index (Phi) is 15.0. The first-order chi connectivity index (χ1) is 29.9. The second-order valence-electron chi connectivity index (χ2n) is 18.8. The molecule has 5 N–H and O–H groups in total. The Morgan fingerprint density at radius 2 is 1.46 bits per heavy atom. The summed E-state index contributed by atoms with van der Waals surface area (Å²) in [4.78, 5) is 74.5. The first-order valence-corrected chi connectivity index (χ1v) is 22.0. The van der Waals surface area contributed by atoms with Gasteiger partial charge in [0, 0.05) is 49.3 Å². The first-order valence-electron chi connectivity index (χ1n) is 22.0. The smallest absolute Gasteiger partial charge is 0.410 e. The summed E-state index contributed by atoms with van der Waals surface area (Å²) in [6, 6.07) is 20.1. The van der Waals surface area contributed by atoms with Crippen molar-refractivity contribution in [3.8, 4) is 22.4 Å². The molecule has 5 amide bonds. The van der Waals surface area contributed by atoms with Crippen molar-refractivity contribution in [1.29, 1.82) is 0 Å². The molecule has 0 radical (unpaired) electrons. The highest BCUT2D eigenvalue weighted by Gasteiger charge is 2.31. The number of rotatable bonds is 12. The summed E-state index contributed by atoms with van der Waals surface area (Å²) in [6.07, 6.45) is 7.00. The van der Waals surface area contributed by atoms with Gasteiger partial charge in [0.25, 0.3) is 5.91 Å². The van der Waals surface area contributed by atoms with E-state index in [1.54, 1.807) is 17.4 Å². The zero-order valence-electron chi connectivity index (χ0n) is 37.6. The molecule has 0 unspecified atom stereocenters. The van der Waals surface area contributed by atoms with Crippen molar-refractivity contribution >= 4 is 35.6 Å². The van der Waals surface area contributed by atoms with Crippen LogP contribution in [0.25, 0.3) is 22.4 Å². The molecule has 2 fully saturated rings. The van der Waals surface area contributed by atoms with Gasteiger partial charge in [0.1, 0.15) is 17.2 Å². The number of piperidine rings is 1. The number of carbonyl (C=O) groups is 5. The monoisotopic (exact) mass is 861 g/mol. The third-order valence-electron chi connectivity index (χ3n) is 11.4. The summed E-state index contributed by atoms with van der Waals surface area (Å²) in [5.41, 5.74) is 5.56. The molecule has 3 aromatic carbocycles. The molecule has 6 rings (SSSR count). The van der Waals surface area contributed by atoms with E-state index in [1.807, 2.05) is 115 Å². The minimum atomic E-state index is -0.841. The van der Waals surface area contributed by atoms with Crippen molar-refractivity contribution in [3.05, 3.63) is 95.9 Å². The number of likely N-dealkylation sites (tertiary alicyclic amines) is 1. The highest BCUT2D eigenvalue weighted by atomic mass is 16.6. The first kappa shape index (κ1) is 46.3. The van der Waals surface area contributed by atoms with Gasteiger partial charge in [0.15, 0.2) is 0 Å². The Labute approximate surface area is 370 Å². The molecule has 2 aliphatic rings. The number of nitrogens with zero attached hydrogens (tertiary/aromatic N) is 2. The highest BCUT2D eigenvalue weighted by Crippen LogP contribution is 2.30. The molecule has 4 aromatic rings. The lowest BCUT2D eigenvalue weighted by molar-refractivity contribution is -0.130. The minimum absolute atomic E-state index is 0.0395. The lowest BCUT2D eigenvalue weighted by atomic mass is 9.81. The van der Waals surface area contributed by atoms with Gasteiger partial charge < -0.3 is 40.6 Å². The molecule has 1 aromatic heterocycles. The average Bonchev–Trinajstić information content (AvgIpc) is 3.78. The van der Waals surface area contributed by atoms with Crippen molar-refractivity contribution in [2.75, 3.05) is 25.0 Å². The number of H-pyrrole nitrogens is 1. The summed E-state index contributed by atoms with van der Waals surface area (Å²) in [5.74, 6) is -0.650. The molecule has 14 nitrogen and oxygen atoms in total. The Bertz CT molecular complexity index is 2190. The number of amides is 5. The topological polar surface area (TPSA) is 184 Å². The number of hydrogen-bond acceptors (Lipinski definition) is 8. The number of hydrogen-bond donors (Lipinski definition) is 5. The van der Waals surface area contributed by atoms with Crippen LogP contribution in [0, 0.1) is 18.8 Å². The van der Waals surface area contributed by atoms with Crippen molar-refractivity contribution in [2.24, 2.45) is 11.8 Å². The van der Waals surface area contributed by atoms with Crippen LogP contribution in [0.4, 0.5) is 15.3 Å². The van der Waals surface area contributed by atoms with E-state index in [0.29, 0.717) is 56.6 Å². The van der Waals surface area contributed by atoms with Crippen molar-refractivity contribution in [2.45, 2.75) is 117 Å². The number of imidazole rings is 1. The molecule has 63 heavy (non-hydrogen) atoms. The maximum absolute atomic E-state index is 13.9. The van der Waals surface area contributed by atoms with Gasteiger partial charge in [-0.05, 0) is 145 Å². The third-order valence-corrected chi connectivity index (χ3v) is 11.4. The number of ether oxygens (including phenoxy) is 2. The summed E-state index contributed by atoms with van der Waals surface area (Å²) >= 11 is 0. The van der Waals surface area contributed by atoms with E-state index in [2.05, 4.69) is 31.2 Å². The van der Waals surface area contributed by atoms with Gasteiger partial charge in [-0.3, -0.25) is 14.4 Å². The van der Waals surface area contributed by atoms with Crippen LogP contribution in [-0.2, 0) is 25.5 Å². The lowest BCUT2D eigenvalue weighted by Crippen LogP contribution is -2.48. The summed E-state index contributed by atoms with van der Waals surface area (Å²) in [6.45, 7) is 14.5. The molecule has 1 saturated heterocycles. The van der Waals surface area contributed by atoms with Crippen LogP contribution in [0.1, 0.15) is 102 Å². The molecule has 1 saturated carbocycles. The molecular weight excluding hydrogens is 799 g/mol. The molecule has 14 heteroatoms. The van der Waals surface area contributed by atoms with Gasteiger partial charge in [-0.2, -0.15) is 0 Å². The van der Waals surface area contributed by atoms with E-state index in [1.165, 1.54) is 0 Å². The predicted molar refractivity (Wildman–Crippen MR) is 243 cm³/mol. The lowest BCUT2D eigenvalue weighted by Gasteiger charge is -2.33. The van der Waals surface area contributed by atoms with E-state index in [4.69, 9.17) is 9.47 Å². The summed E-state index contributed by atoms with van der Waals surface area (Å²) in [7, 11) is 0. The number of aryl methyl sites for hydroxylation is 1. The normalized spacial score (nSPS) is 17.5. The second-order valence-corrected chi connectivity index (χ2v) is 18.8. The van der Waals surface area contributed by atoms with E-state index in [9.17, 15) is 24.0 Å². The van der Waals surface area contributed by atoms with Crippen molar-refractivity contribution < 1.29 is 33.4 Å². The van der Waals surface area contributed by atoms with Crippen LogP contribution in [0.2, 0.25) is 0 Å². The fraction of sp³-hybridized carbons (Fsp3) is 0.469. The Morgan fingerprint density at radius 3 is 2.06 bits per heavy atom. The molecule has 1 atom stereocenters. The molecule has 336 valence electrons. The molecule has 2 heterocycles. The molecule has 0 spiro atoms. The van der Waals surface area contributed by atoms with Gasteiger partial charge in [-0.25, -0.2) is 14.6 Å². The number of nitrogens with one attached hydrogen (secondary N) is 5. The minimum Gasteiger partial charge on any atom is -0.444 e. The van der Waals surface area contributed by atoms with E-state index >= 15 is 0 Å². The number of alkyl carbamates (subject to hydrolysis) is 1. The SMILES string of the molecule is Cc1cc(C(=O)NC2CCN(C(=O)OC(C)(C)C)CC2)ccc1-c1ccc(C[C@H](NC(=O)C2CCC(CNC(=O)OC(C)(C)C)CC2)C(=O)Nc2ccc(-c3cnc[nH]3)cc2)cc1. The molecule has 1 aliphatic carbocycles. The van der Waals surface area contributed by atoms with Crippen LogP contribution in [0.5, 0.6) is 0 Å². The van der Waals surface area contributed by atoms with Crippen LogP contribution >= 0.6 is 0 Å². The predicted octanol–water partition coefficient (Wildman–Crippen LogP) is 8.18. The maximum Gasteiger partial charge on any atom is 0.410 e. The number of carbonyl (C=O) groups excluding carboxylic acids is 5. The van der Waals surface area contributed by atoms with Gasteiger partial charge in [0.2, 0.25) is 11.8 Å². The number of anilines is 1. The van der Waals surface area contributed by atoms with E-state index in [0.717, 1.165) is 46.4 Å². The molecule has 1 aliphatic heterocycles. The number of aromatic amines is 1. The quantitative estimate of drug-likeness (QED) is 0.0945. The van der Waals surface area contributed by atoms with Crippen LogP contribution in [0.15, 0.2) is 79.3 Å². The largest absolute Gasteiger partial charge is 0.444 e. The Balaban J connectivity index is 1.07. The summed E-state index contributed by atoms with van der Waals surface area (Å²) in [5, 5.41) is 12.1. The third kappa shape index (κ3) is 13.7. The van der Waals surface area contributed by atoms with Crippen molar-refractivity contribution in [3.63, 3.8) is 0 Å². The number of aromatic nitrogens is 2. The number of benzene rings is 3. The van der Waals surface area contributed by atoms with Crippen LogP contribution in [0.3, 0.4) is 0 Å². The van der Waals surface area contributed by atoms with Gasteiger partial charge in [-0.1, -0.05) is 42.5 Å².